The van der Waals surface area contributed by atoms with E-state index in [0.29, 0.717) is 33.6 Å². The molecule has 0 aliphatic rings. The van der Waals surface area contributed by atoms with Crippen LogP contribution >= 0.6 is 0 Å². The van der Waals surface area contributed by atoms with Gasteiger partial charge in [0.15, 0.2) is 0 Å². The molecule has 4 rings (SSSR count). The van der Waals surface area contributed by atoms with Gasteiger partial charge in [-0.05, 0) is 60.0 Å². The first kappa shape index (κ1) is 23.7. The number of aromatic nitrogens is 2. The summed E-state index contributed by atoms with van der Waals surface area (Å²) in [5, 5.41) is 2.76. The number of nitrogens with zero attached hydrogens (tertiary/aromatic N) is 1. The zero-order valence-corrected chi connectivity index (χ0v) is 18.5. The van der Waals surface area contributed by atoms with Crippen molar-refractivity contribution in [2.45, 2.75) is 19.5 Å². The van der Waals surface area contributed by atoms with E-state index >= 15 is 0 Å². The molecule has 3 aromatic carbocycles. The van der Waals surface area contributed by atoms with Crippen molar-refractivity contribution in [1.29, 1.82) is 0 Å². The van der Waals surface area contributed by atoms with Crippen LogP contribution in [-0.4, -0.2) is 15.5 Å². The van der Waals surface area contributed by atoms with Crippen molar-refractivity contribution in [3.05, 3.63) is 117 Å². The second-order valence-electron chi connectivity index (χ2n) is 7.99. The number of benzene rings is 3. The highest BCUT2D eigenvalue weighted by molar-refractivity contribution is 5.92. The molecular formula is C26H20F3N3O3. The Balaban J connectivity index is 1.46. The van der Waals surface area contributed by atoms with Gasteiger partial charge in [-0.1, -0.05) is 36.4 Å². The molecule has 0 aliphatic heterocycles. The molecule has 0 saturated carbocycles. The van der Waals surface area contributed by atoms with Gasteiger partial charge >= 0.3 is 11.9 Å². The van der Waals surface area contributed by atoms with E-state index in [2.05, 4.69) is 10.3 Å². The highest BCUT2D eigenvalue weighted by atomic mass is 19.4. The van der Waals surface area contributed by atoms with E-state index in [4.69, 9.17) is 0 Å². The van der Waals surface area contributed by atoms with Gasteiger partial charge in [-0.15, -0.1) is 0 Å². The molecule has 0 fully saturated rings. The maximum atomic E-state index is 13.0. The molecule has 0 atom stereocenters. The number of rotatable bonds is 5. The number of alkyl halides is 3. The molecule has 6 nitrogen and oxygen atoms in total. The molecule has 1 amide bonds. The van der Waals surface area contributed by atoms with Crippen LogP contribution in [0.5, 0.6) is 0 Å². The van der Waals surface area contributed by atoms with Crippen molar-refractivity contribution in [1.82, 2.24) is 9.55 Å². The summed E-state index contributed by atoms with van der Waals surface area (Å²) < 4.78 is 40.4. The van der Waals surface area contributed by atoms with E-state index < -0.39 is 23.0 Å². The van der Waals surface area contributed by atoms with Crippen LogP contribution in [0.15, 0.2) is 88.6 Å². The lowest BCUT2D eigenvalue weighted by Crippen LogP contribution is -2.29. The number of nitrogens with one attached hydrogen (secondary N) is 2. The van der Waals surface area contributed by atoms with E-state index in [9.17, 15) is 27.6 Å². The zero-order chi connectivity index (χ0) is 25.2. The summed E-state index contributed by atoms with van der Waals surface area (Å²) in [7, 11) is 0. The van der Waals surface area contributed by atoms with Gasteiger partial charge in [0.25, 0.3) is 5.56 Å². The number of carbonyl (C=O) groups excluding carboxylic acids is 1. The molecule has 0 aliphatic carbocycles. The highest BCUT2D eigenvalue weighted by Crippen LogP contribution is 2.32. The van der Waals surface area contributed by atoms with Crippen LogP contribution in [-0.2, 0) is 17.4 Å². The average molecular weight is 479 g/mol. The topological polar surface area (TPSA) is 84.0 Å². The molecule has 0 unspecified atom stereocenters. The molecule has 0 saturated heterocycles. The number of hydrogen-bond donors (Lipinski definition) is 2. The van der Waals surface area contributed by atoms with Crippen molar-refractivity contribution < 1.29 is 18.0 Å². The highest BCUT2D eigenvalue weighted by Gasteiger charge is 2.30. The molecule has 35 heavy (non-hydrogen) atoms. The SMILES string of the molecule is Cc1cn(-c2ccc(NC(=O)Cc3cccc(-c4cccc(C(F)(F)F)c4)c3)cc2)c(=O)[nH]c1=O. The predicted molar refractivity (Wildman–Crippen MR) is 127 cm³/mol. The Morgan fingerprint density at radius 3 is 2.29 bits per heavy atom. The number of carbonyl (C=O) groups is 1. The summed E-state index contributed by atoms with van der Waals surface area (Å²) in [6, 6.07) is 18.3. The van der Waals surface area contributed by atoms with Crippen molar-refractivity contribution in [3.8, 4) is 16.8 Å². The van der Waals surface area contributed by atoms with Gasteiger partial charge in [0.1, 0.15) is 0 Å². The number of hydrogen-bond acceptors (Lipinski definition) is 3. The number of H-pyrrole nitrogens is 1. The molecule has 2 N–H and O–H groups in total. The predicted octanol–water partition coefficient (Wildman–Crippen LogP) is 4.70. The third kappa shape index (κ3) is 5.57. The Hall–Kier alpha value is -4.40. The normalized spacial score (nSPS) is 11.3. The molecule has 1 aromatic heterocycles. The minimum atomic E-state index is -4.44. The number of anilines is 1. The standard InChI is InChI=1S/C26H20F3N3O3/c1-16-15-32(25(35)31-24(16)34)22-10-8-21(9-11-22)30-23(33)13-17-4-2-5-18(12-17)19-6-3-7-20(14-19)26(27,28)29/h2-12,14-15H,13H2,1H3,(H,30,33)(H,31,34,35). The number of aryl methyl sites for hydroxylation is 1. The summed E-state index contributed by atoms with van der Waals surface area (Å²) in [5.74, 6) is -0.309. The minimum absolute atomic E-state index is 0.0210. The lowest BCUT2D eigenvalue weighted by atomic mass is 10.00. The largest absolute Gasteiger partial charge is 0.416 e. The third-order valence-electron chi connectivity index (χ3n) is 5.36. The summed E-state index contributed by atoms with van der Waals surface area (Å²) in [5.41, 5.74) is 1.27. The fourth-order valence-corrected chi connectivity index (χ4v) is 3.59. The fourth-order valence-electron chi connectivity index (χ4n) is 3.59. The molecule has 1 heterocycles. The summed E-state index contributed by atoms with van der Waals surface area (Å²) in [6.07, 6.45) is -2.98. The van der Waals surface area contributed by atoms with Gasteiger partial charge in [0.05, 0.1) is 17.7 Å². The minimum Gasteiger partial charge on any atom is -0.326 e. The van der Waals surface area contributed by atoms with Crippen LogP contribution in [0.25, 0.3) is 16.8 Å². The Morgan fingerprint density at radius 2 is 1.60 bits per heavy atom. The van der Waals surface area contributed by atoms with Crippen molar-refractivity contribution in [3.63, 3.8) is 0 Å². The molecule has 0 bridgehead atoms. The van der Waals surface area contributed by atoms with Crippen molar-refractivity contribution in [2.75, 3.05) is 5.32 Å². The Morgan fingerprint density at radius 1 is 0.943 bits per heavy atom. The van der Waals surface area contributed by atoms with Crippen LogP contribution in [0.3, 0.4) is 0 Å². The third-order valence-corrected chi connectivity index (χ3v) is 5.36. The second kappa shape index (κ2) is 9.46. The van der Waals surface area contributed by atoms with Crippen LogP contribution in [0, 0.1) is 6.92 Å². The molecule has 9 heteroatoms. The van der Waals surface area contributed by atoms with Crippen molar-refractivity contribution in [2.24, 2.45) is 0 Å². The first-order valence-electron chi connectivity index (χ1n) is 10.6. The zero-order valence-electron chi connectivity index (χ0n) is 18.5. The Bertz CT molecular complexity index is 1500. The molecule has 0 radical (unpaired) electrons. The summed E-state index contributed by atoms with van der Waals surface area (Å²) >= 11 is 0. The molecule has 178 valence electrons. The quantitative estimate of drug-likeness (QED) is 0.435. The molecule has 4 aromatic rings. The number of halogens is 3. The second-order valence-corrected chi connectivity index (χ2v) is 7.99. The first-order valence-corrected chi connectivity index (χ1v) is 10.6. The summed E-state index contributed by atoms with van der Waals surface area (Å²) in [4.78, 5) is 38.4. The van der Waals surface area contributed by atoms with Crippen molar-refractivity contribution >= 4 is 11.6 Å². The fraction of sp³-hybridized carbons (Fsp3) is 0.115. The van der Waals surface area contributed by atoms with E-state index in [0.717, 1.165) is 12.1 Å². The maximum Gasteiger partial charge on any atom is 0.416 e. The molecule has 0 spiro atoms. The molecular weight excluding hydrogens is 459 g/mol. The van der Waals surface area contributed by atoms with E-state index in [1.54, 1.807) is 61.5 Å². The van der Waals surface area contributed by atoms with Gasteiger partial charge in [-0.3, -0.25) is 19.1 Å². The Kier molecular flexibility index (Phi) is 6.42. The average Bonchev–Trinajstić information content (AvgIpc) is 2.82. The number of aromatic amines is 1. The van der Waals surface area contributed by atoms with E-state index in [-0.39, 0.29) is 12.3 Å². The van der Waals surface area contributed by atoms with E-state index in [1.807, 2.05) is 0 Å². The van der Waals surface area contributed by atoms with Gasteiger partial charge in [0, 0.05) is 17.4 Å². The number of amides is 1. The van der Waals surface area contributed by atoms with Gasteiger partial charge in [-0.25, -0.2) is 4.79 Å². The van der Waals surface area contributed by atoms with E-state index in [1.165, 1.54) is 16.8 Å². The lowest BCUT2D eigenvalue weighted by molar-refractivity contribution is -0.137. The van der Waals surface area contributed by atoms with Crippen LogP contribution in [0.4, 0.5) is 18.9 Å². The first-order chi connectivity index (χ1) is 16.6. The summed E-state index contributed by atoms with van der Waals surface area (Å²) in [6.45, 7) is 1.59. The van der Waals surface area contributed by atoms with Gasteiger partial charge in [-0.2, -0.15) is 13.2 Å². The van der Waals surface area contributed by atoms with Crippen LogP contribution in [0.1, 0.15) is 16.7 Å². The Labute approximate surface area is 197 Å². The lowest BCUT2D eigenvalue weighted by Gasteiger charge is -2.11. The smallest absolute Gasteiger partial charge is 0.326 e. The van der Waals surface area contributed by atoms with Gasteiger partial charge in [0.2, 0.25) is 5.91 Å². The monoisotopic (exact) mass is 479 g/mol. The maximum absolute atomic E-state index is 13.0. The van der Waals surface area contributed by atoms with Crippen LogP contribution in [0.2, 0.25) is 0 Å². The van der Waals surface area contributed by atoms with Crippen LogP contribution < -0.4 is 16.6 Å². The van der Waals surface area contributed by atoms with Gasteiger partial charge < -0.3 is 5.32 Å².